The largest absolute Gasteiger partial charge is 0.387 e. The third-order valence-electron chi connectivity index (χ3n) is 3.38. The molecule has 1 aromatic carbocycles. The number of carbonyl (C=O) groups is 1. The van der Waals surface area contributed by atoms with Crippen LogP contribution in [0.2, 0.25) is 0 Å². The van der Waals surface area contributed by atoms with Crippen molar-refractivity contribution >= 4 is 5.91 Å². The van der Waals surface area contributed by atoms with Crippen molar-refractivity contribution in [3.8, 4) is 0 Å². The molecule has 110 valence electrons. The number of aliphatic hydroxyl groups excluding tert-OH is 1. The Bertz CT molecular complexity index is 452. The number of aliphatic hydroxyl groups is 1. The van der Waals surface area contributed by atoms with Crippen molar-refractivity contribution in [1.82, 2.24) is 10.2 Å². The van der Waals surface area contributed by atoms with Crippen LogP contribution in [0, 0.1) is 5.82 Å². The average molecular weight is 282 g/mol. The first kappa shape index (κ1) is 14.9. The summed E-state index contributed by atoms with van der Waals surface area (Å²) >= 11 is 0. The predicted octanol–water partition coefficient (Wildman–Crippen LogP) is 0.306. The molecule has 0 aliphatic carbocycles. The van der Waals surface area contributed by atoms with E-state index in [1.807, 2.05) is 4.90 Å². The molecule has 2 N–H and O–H groups in total. The Morgan fingerprint density at radius 2 is 2.25 bits per heavy atom. The van der Waals surface area contributed by atoms with E-state index >= 15 is 0 Å². The van der Waals surface area contributed by atoms with E-state index in [-0.39, 0.29) is 11.7 Å². The molecule has 1 aliphatic heterocycles. The third-order valence-corrected chi connectivity index (χ3v) is 3.38. The molecule has 20 heavy (non-hydrogen) atoms. The number of β-amino-alcohol motifs (C(OH)–C–C–N with tert-alkyl or cyclic N) is 1. The number of benzene rings is 1. The minimum Gasteiger partial charge on any atom is -0.387 e. The van der Waals surface area contributed by atoms with E-state index in [1.165, 1.54) is 12.1 Å². The zero-order valence-electron chi connectivity index (χ0n) is 11.4. The van der Waals surface area contributed by atoms with Crippen LogP contribution in [0.3, 0.4) is 0 Å². The summed E-state index contributed by atoms with van der Waals surface area (Å²) < 4.78 is 18.2. The number of rotatable bonds is 4. The van der Waals surface area contributed by atoms with Gasteiger partial charge in [-0.2, -0.15) is 0 Å². The molecule has 1 amide bonds. The molecule has 0 aromatic heterocycles. The lowest BCUT2D eigenvalue weighted by atomic mass is 10.1. The Balaban J connectivity index is 1.92. The van der Waals surface area contributed by atoms with E-state index in [4.69, 9.17) is 4.74 Å². The van der Waals surface area contributed by atoms with Gasteiger partial charge in [-0.25, -0.2) is 4.39 Å². The van der Waals surface area contributed by atoms with Crippen molar-refractivity contribution in [3.05, 3.63) is 35.6 Å². The number of hydrogen-bond acceptors (Lipinski definition) is 4. The first-order chi connectivity index (χ1) is 9.60. The van der Waals surface area contributed by atoms with Gasteiger partial charge >= 0.3 is 0 Å². The monoisotopic (exact) mass is 282 g/mol. The third kappa shape index (κ3) is 3.75. The van der Waals surface area contributed by atoms with Gasteiger partial charge in [-0.1, -0.05) is 12.1 Å². The van der Waals surface area contributed by atoms with Crippen LogP contribution in [-0.2, 0) is 9.53 Å². The van der Waals surface area contributed by atoms with E-state index in [0.717, 1.165) is 0 Å². The zero-order chi connectivity index (χ0) is 14.5. The molecular weight excluding hydrogens is 263 g/mol. The van der Waals surface area contributed by atoms with Gasteiger partial charge in [-0.15, -0.1) is 0 Å². The lowest BCUT2D eigenvalue weighted by Gasteiger charge is -2.33. The molecule has 0 spiro atoms. The van der Waals surface area contributed by atoms with Crippen LogP contribution in [-0.4, -0.2) is 55.3 Å². The molecule has 2 atom stereocenters. The van der Waals surface area contributed by atoms with Crippen molar-refractivity contribution in [3.63, 3.8) is 0 Å². The van der Waals surface area contributed by atoms with Gasteiger partial charge in [0.2, 0.25) is 5.91 Å². The van der Waals surface area contributed by atoms with Crippen LogP contribution in [0.5, 0.6) is 0 Å². The van der Waals surface area contributed by atoms with Crippen LogP contribution >= 0.6 is 0 Å². The van der Waals surface area contributed by atoms with E-state index in [9.17, 15) is 14.3 Å². The van der Waals surface area contributed by atoms with Crippen molar-refractivity contribution in [2.24, 2.45) is 0 Å². The number of hydrogen-bond donors (Lipinski definition) is 2. The first-order valence-electron chi connectivity index (χ1n) is 6.59. The fourth-order valence-electron chi connectivity index (χ4n) is 2.22. The second kappa shape index (κ2) is 6.78. The molecule has 0 saturated carbocycles. The molecule has 6 heteroatoms. The van der Waals surface area contributed by atoms with Crippen molar-refractivity contribution in [2.45, 2.75) is 12.2 Å². The van der Waals surface area contributed by atoms with Crippen LogP contribution in [0.4, 0.5) is 4.39 Å². The summed E-state index contributed by atoms with van der Waals surface area (Å²) in [5, 5.41) is 12.7. The first-order valence-corrected chi connectivity index (χ1v) is 6.59. The molecule has 1 aliphatic rings. The number of likely N-dealkylation sites (N-methyl/N-ethyl adjacent to an activating group) is 1. The van der Waals surface area contributed by atoms with Gasteiger partial charge in [0.05, 0.1) is 12.7 Å². The maximum Gasteiger partial charge on any atom is 0.250 e. The van der Waals surface area contributed by atoms with Crippen LogP contribution in [0.25, 0.3) is 0 Å². The van der Waals surface area contributed by atoms with Gasteiger partial charge in [0.15, 0.2) is 0 Å². The minimum atomic E-state index is -0.709. The molecule has 5 nitrogen and oxygen atoms in total. The highest BCUT2D eigenvalue weighted by molar-refractivity contribution is 5.80. The summed E-state index contributed by atoms with van der Waals surface area (Å²) in [6.45, 7) is 1.94. The Morgan fingerprint density at radius 3 is 2.90 bits per heavy atom. The predicted molar refractivity (Wildman–Crippen MR) is 71.6 cm³/mol. The second-order valence-corrected chi connectivity index (χ2v) is 4.80. The molecular formula is C14H19FN2O3. The average Bonchev–Trinajstić information content (AvgIpc) is 2.47. The number of amides is 1. The second-order valence-electron chi connectivity index (χ2n) is 4.80. The lowest BCUT2D eigenvalue weighted by Crippen LogP contribution is -2.50. The number of halogens is 1. The summed E-state index contributed by atoms with van der Waals surface area (Å²) in [7, 11) is 1.57. The van der Waals surface area contributed by atoms with Crippen LogP contribution in [0.1, 0.15) is 11.7 Å². The fourth-order valence-corrected chi connectivity index (χ4v) is 2.22. The van der Waals surface area contributed by atoms with Crippen molar-refractivity contribution < 1.29 is 19.0 Å². The highest BCUT2D eigenvalue weighted by atomic mass is 19.1. The number of ether oxygens (including phenoxy) is 1. The number of morpholine rings is 1. The van der Waals surface area contributed by atoms with Crippen LogP contribution in [0.15, 0.2) is 24.3 Å². The summed E-state index contributed by atoms with van der Waals surface area (Å²) in [6, 6.07) is 5.78. The fraction of sp³-hybridized carbons (Fsp3) is 0.500. The van der Waals surface area contributed by atoms with E-state index in [2.05, 4.69) is 5.32 Å². The van der Waals surface area contributed by atoms with Gasteiger partial charge < -0.3 is 15.2 Å². The standard InChI is InChI=1S/C14H19FN2O3/c1-16-14(19)13-9-17(6-7-20-13)8-12(18)10-2-4-11(15)5-3-10/h2-5,12-13,18H,6-9H2,1H3,(H,16,19)/t12-,13-/m0/s1. The van der Waals surface area contributed by atoms with E-state index in [1.54, 1.807) is 19.2 Å². The topological polar surface area (TPSA) is 61.8 Å². The van der Waals surface area contributed by atoms with Crippen LogP contribution < -0.4 is 5.32 Å². The Labute approximate surface area is 117 Å². The van der Waals surface area contributed by atoms with Gasteiger partial charge in [0.1, 0.15) is 11.9 Å². The van der Waals surface area contributed by atoms with Gasteiger partial charge in [-0.3, -0.25) is 9.69 Å². The maximum absolute atomic E-state index is 12.8. The molecule has 0 bridgehead atoms. The Morgan fingerprint density at radius 1 is 1.55 bits per heavy atom. The smallest absolute Gasteiger partial charge is 0.250 e. The molecule has 1 heterocycles. The SMILES string of the molecule is CNC(=O)[C@@H]1CN(C[C@H](O)c2ccc(F)cc2)CCO1. The molecule has 1 saturated heterocycles. The molecule has 1 aromatic rings. The number of nitrogens with one attached hydrogen (secondary N) is 1. The van der Waals surface area contributed by atoms with E-state index in [0.29, 0.717) is 31.8 Å². The number of nitrogens with zero attached hydrogens (tertiary/aromatic N) is 1. The summed E-state index contributed by atoms with van der Waals surface area (Å²) in [5.41, 5.74) is 0.661. The molecule has 2 rings (SSSR count). The molecule has 0 unspecified atom stereocenters. The quantitative estimate of drug-likeness (QED) is 0.834. The highest BCUT2D eigenvalue weighted by Crippen LogP contribution is 2.16. The van der Waals surface area contributed by atoms with E-state index < -0.39 is 12.2 Å². The lowest BCUT2D eigenvalue weighted by molar-refractivity contribution is -0.138. The zero-order valence-corrected chi connectivity index (χ0v) is 11.4. The summed E-state index contributed by atoms with van der Waals surface area (Å²) in [6.07, 6.45) is -1.21. The normalized spacial score (nSPS) is 21.4. The van der Waals surface area contributed by atoms with Gasteiger partial charge in [0.25, 0.3) is 0 Å². The Hall–Kier alpha value is -1.50. The van der Waals surface area contributed by atoms with Crippen molar-refractivity contribution in [2.75, 3.05) is 33.3 Å². The van der Waals surface area contributed by atoms with Crippen molar-refractivity contribution in [1.29, 1.82) is 0 Å². The highest BCUT2D eigenvalue weighted by Gasteiger charge is 2.27. The summed E-state index contributed by atoms with van der Waals surface area (Å²) in [5.74, 6) is -0.488. The minimum absolute atomic E-state index is 0.161. The van der Waals surface area contributed by atoms with Gasteiger partial charge in [-0.05, 0) is 17.7 Å². The Kier molecular flexibility index (Phi) is 5.05. The maximum atomic E-state index is 12.8. The summed E-state index contributed by atoms with van der Waals surface area (Å²) in [4.78, 5) is 13.5. The number of carbonyl (C=O) groups excluding carboxylic acids is 1. The van der Waals surface area contributed by atoms with Gasteiger partial charge in [0, 0.05) is 26.7 Å². The molecule has 0 radical (unpaired) electrons. The molecule has 1 fully saturated rings.